The van der Waals surface area contributed by atoms with Crippen molar-refractivity contribution in [1.82, 2.24) is 20.3 Å². The van der Waals surface area contributed by atoms with E-state index >= 15 is 0 Å². The van der Waals surface area contributed by atoms with Crippen molar-refractivity contribution in [3.8, 4) is 5.75 Å². The number of nitrogens with one attached hydrogen (secondary N) is 1. The van der Waals surface area contributed by atoms with Gasteiger partial charge in [0.2, 0.25) is 5.91 Å². The number of para-hydroxylation sites is 1. The highest BCUT2D eigenvalue weighted by molar-refractivity contribution is 5.84. The third-order valence-corrected chi connectivity index (χ3v) is 3.06. The molecule has 0 fully saturated rings. The smallest absolute Gasteiger partial charge is 0.358 e. The van der Waals surface area contributed by atoms with Gasteiger partial charge in [-0.05, 0) is 25.0 Å². The summed E-state index contributed by atoms with van der Waals surface area (Å²) in [4.78, 5) is 22.3. The highest BCUT2D eigenvalue weighted by Crippen LogP contribution is 2.15. The molecule has 2 aromatic rings. The minimum atomic E-state index is -1.18. The first-order valence-electron chi connectivity index (χ1n) is 7.15. The summed E-state index contributed by atoms with van der Waals surface area (Å²) in [6.45, 7) is 2.86. The van der Waals surface area contributed by atoms with Crippen molar-refractivity contribution in [2.24, 2.45) is 0 Å². The first kappa shape index (κ1) is 16.5. The maximum atomic E-state index is 11.7. The Morgan fingerprint density at radius 1 is 1.35 bits per heavy atom. The topological polar surface area (TPSA) is 106 Å². The summed E-state index contributed by atoms with van der Waals surface area (Å²) in [5, 5.41) is 18.4. The fourth-order valence-corrected chi connectivity index (χ4v) is 1.88. The van der Waals surface area contributed by atoms with Crippen molar-refractivity contribution in [2.45, 2.75) is 19.9 Å². The average Bonchev–Trinajstić information content (AvgIpc) is 2.97. The molecule has 0 aliphatic heterocycles. The van der Waals surface area contributed by atoms with E-state index in [2.05, 4.69) is 15.6 Å². The van der Waals surface area contributed by atoms with E-state index in [-0.39, 0.29) is 18.1 Å². The molecule has 1 amide bonds. The number of carbonyl (C=O) groups is 2. The molecule has 8 nitrogen and oxygen atoms in total. The average molecular weight is 318 g/mol. The second-order valence-corrected chi connectivity index (χ2v) is 4.92. The maximum absolute atomic E-state index is 11.7. The molecule has 0 aliphatic rings. The number of rotatable bonds is 8. The summed E-state index contributed by atoms with van der Waals surface area (Å²) in [5.41, 5.74) is 0.876. The molecule has 0 spiro atoms. The molecule has 0 atom stereocenters. The van der Waals surface area contributed by atoms with Gasteiger partial charge in [0.25, 0.3) is 0 Å². The third kappa shape index (κ3) is 5.10. The van der Waals surface area contributed by atoms with Crippen LogP contribution in [0.1, 0.15) is 22.5 Å². The Balaban J connectivity index is 1.65. The van der Waals surface area contributed by atoms with Gasteiger partial charge in [-0.25, -0.2) is 9.48 Å². The Kier molecular flexibility index (Phi) is 5.67. The summed E-state index contributed by atoms with van der Waals surface area (Å²) < 4.78 is 6.81. The van der Waals surface area contributed by atoms with Gasteiger partial charge in [0, 0.05) is 6.54 Å². The van der Waals surface area contributed by atoms with E-state index in [1.165, 1.54) is 10.9 Å². The number of aromatic carboxylic acids is 1. The van der Waals surface area contributed by atoms with Crippen LogP contribution in [-0.2, 0) is 11.3 Å². The highest BCUT2D eigenvalue weighted by atomic mass is 16.5. The molecule has 0 aliphatic carbocycles. The number of aryl methyl sites for hydroxylation is 1. The predicted octanol–water partition coefficient (Wildman–Crippen LogP) is 0.870. The molecular weight excluding hydrogens is 300 g/mol. The number of aromatic nitrogens is 3. The van der Waals surface area contributed by atoms with Crippen LogP contribution in [0.3, 0.4) is 0 Å². The number of benzene rings is 1. The number of amides is 1. The van der Waals surface area contributed by atoms with Gasteiger partial charge in [-0.1, -0.05) is 23.4 Å². The van der Waals surface area contributed by atoms with Gasteiger partial charge >= 0.3 is 5.97 Å². The van der Waals surface area contributed by atoms with E-state index in [0.29, 0.717) is 19.6 Å². The first-order chi connectivity index (χ1) is 11.1. The minimum Gasteiger partial charge on any atom is -0.493 e. The summed E-state index contributed by atoms with van der Waals surface area (Å²) in [6.07, 6.45) is 1.88. The van der Waals surface area contributed by atoms with Gasteiger partial charge < -0.3 is 15.2 Å². The number of nitrogens with zero attached hydrogens (tertiary/aromatic N) is 3. The number of carbonyl (C=O) groups excluding carboxylic acids is 1. The van der Waals surface area contributed by atoms with Gasteiger partial charge in [0.15, 0.2) is 5.69 Å². The summed E-state index contributed by atoms with van der Waals surface area (Å²) in [6, 6.07) is 7.73. The molecule has 0 radical (unpaired) electrons. The molecule has 8 heteroatoms. The molecule has 23 heavy (non-hydrogen) atoms. The molecule has 2 rings (SSSR count). The lowest BCUT2D eigenvalue weighted by molar-refractivity contribution is -0.121. The van der Waals surface area contributed by atoms with Crippen LogP contribution < -0.4 is 10.1 Å². The Hall–Kier alpha value is -2.90. The first-order valence-corrected chi connectivity index (χ1v) is 7.15. The van der Waals surface area contributed by atoms with E-state index in [9.17, 15) is 9.59 Å². The molecule has 0 saturated carbocycles. The van der Waals surface area contributed by atoms with Crippen molar-refractivity contribution < 1.29 is 19.4 Å². The molecule has 1 heterocycles. The summed E-state index contributed by atoms with van der Waals surface area (Å²) in [5.74, 6) is -0.601. The lowest BCUT2D eigenvalue weighted by atomic mass is 10.2. The van der Waals surface area contributed by atoms with Crippen LogP contribution in [0.4, 0.5) is 0 Å². The third-order valence-electron chi connectivity index (χ3n) is 3.06. The minimum absolute atomic E-state index is 0.0705. The van der Waals surface area contributed by atoms with Crippen molar-refractivity contribution in [1.29, 1.82) is 0 Å². The van der Waals surface area contributed by atoms with Crippen molar-refractivity contribution in [3.63, 3.8) is 0 Å². The summed E-state index contributed by atoms with van der Waals surface area (Å²) in [7, 11) is 0. The van der Waals surface area contributed by atoms with Gasteiger partial charge in [0.1, 0.15) is 12.3 Å². The fraction of sp³-hybridized carbons (Fsp3) is 0.333. The normalized spacial score (nSPS) is 10.3. The highest BCUT2D eigenvalue weighted by Gasteiger charge is 2.10. The monoisotopic (exact) mass is 318 g/mol. The molecular formula is C15H18N4O4. The van der Waals surface area contributed by atoms with E-state index in [0.717, 1.165) is 11.3 Å². The van der Waals surface area contributed by atoms with Gasteiger partial charge in [-0.3, -0.25) is 4.79 Å². The Morgan fingerprint density at radius 2 is 2.13 bits per heavy atom. The largest absolute Gasteiger partial charge is 0.493 e. The van der Waals surface area contributed by atoms with Crippen LogP contribution in [0.5, 0.6) is 5.75 Å². The predicted molar refractivity (Wildman–Crippen MR) is 81.3 cm³/mol. The van der Waals surface area contributed by atoms with Crippen molar-refractivity contribution >= 4 is 11.9 Å². The number of carboxylic acid groups (broad SMARTS) is 1. The van der Waals surface area contributed by atoms with Crippen LogP contribution in [0.25, 0.3) is 0 Å². The Bertz CT molecular complexity index is 684. The van der Waals surface area contributed by atoms with Gasteiger partial charge in [-0.2, -0.15) is 0 Å². The Labute approximate surface area is 133 Å². The van der Waals surface area contributed by atoms with Gasteiger partial charge in [0.05, 0.1) is 12.8 Å². The van der Waals surface area contributed by atoms with Crippen molar-refractivity contribution in [2.75, 3.05) is 13.2 Å². The van der Waals surface area contributed by atoms with E-state index in [1.54, 1.807) is 0 Å². The number of hydrogen-bond donors (Lipinski definition) is 2. The van der Waals surface area contributed by atoms with Crippen molar-refractivity contribution in [3.05, 3.63) is 41.7 Å². The molecule has 0 unspecified atom stereocenters. The number of ether oxygens (including phenoxy) is 1. The zero-order valence-corrected chi connectivity index (χ0v) is 12.7. The SMILES string of the molecule is Cc1ccccc1OCCCNC(=O)Cn1cc(C(=O)O)nn1. The zero-order valence-electron chi connectivity index (χ0n) is 12.7. The standard InChI is InChI=1S/C15H18N4O4/c1-11-5-2-3-6-13(11)23-8-4-7-16-14(20)10-19-9-12(15(21)22)17-18-19/h2-3,5-6,9H,4,7-8,10H2,1H3,(H,16,20)(H,21,22). The Morgan fingerprint density at radius 3 is 2.83 bits per heavy atom. The fourth-order valence-electron chi connectivity index (χ4n) is 1.88. The number of hydrogen-bond acceptors (Lipinski definition) is 5. The van der Waals surface area contributed by atoms with Crippen LogP contribution >= 0.6 is 0 Å². The second-order valence-electron chi connectivity index (χ2n) is 4.92. The molecule has 122 valence electrons. The van der Waals surface area contributed by atoms with Crippen LogP contribution in [0.15, 0.2) is 30.5 Å². The van der Waals surface area contributed by atoms with Crippen LogP contribution in [-0.4, -0.2) is 45.1 Å². The molecule has 0 saturated heterocycles. The quantitative estimate of drug-likeness (QED) is 0.700. The zero-order chi connectivity index (χ0) is 16.7. The molecule has 0 bridgehead atoms. The van der Waals surface area contributed by atoms with E-state index < -0.39 is 5.97 Å². The van der Waals surface area contributed by atoms with Gasteiger partial charge in [-0.15, -0.1) is 5.10 Å². The van der Waals surface area contributed by atoms with E-state index in [4.69, 9.17) is 9.84 Å². The second kappa shape index (κ2) is 7.92. The molecule has 1 aromatic carbocycles. The summed E-state index contributed by atoms with van der Waals surface area (Å²) >= 11 is 0. The van der Waals surface area contributed by atoms with Crippen LogP contribution in [0, 0.1) is 6.92 Å². The lowest BCUT2D eigenvalue weighted by Crippen LogP contribution is -2.29. The molecule has 2 N–H and O–H groups in total. The maximum Gasteiger partial charge on any atom is 0.358 e. The number of carboxylic acids is 1. The molecule has 1 aromatic heterocycles. The van der Waals surface area contributed by atoms with E-state index in [1.807, 2.05) is 31.2 Å². The van der Waals surface area contributed by atoms with Crippen LogP contribution in [0.2, 0.25) is 0 Å². The lowest BCUT2D eigenvalue weighted by Gasteiger charge is -2.09.